The monoisotopic (exact) mass is 376 g/mol. The van der Waals surface area contributed by atoms with E-state index in [1.54, 1.807) is 10.5 Å². The first-order valence-electron chi connectivity index (χ1n) is 9.43. The first-order valence-corrected chi connectivity index (χ1v) is 10.3. The van der Waals surface area contributed by atoms with Gasteiger partial charge in [0, 0.05) is 43.2 Å². The Hall–Kier alpha value is -1.73. The molecule has 2 aromatic heterocycles. The highest BCUT2D eigenvalue weighted by molar-refractivity contribution is 7.15. The van der Waals surface area contributed by atoms with Crippen LogP contribution in [0.2, 0.25) is 0 Å². The number of likely N-dealkylation sites (tertiary alicyclic amines) is 1. The molecule has 142 valence electrons. The van der Waals surface area contributed by atoms with Crippen molar-refractivity contribution in [3.05, 3.63) is 33.2 Å². The van der Waals surface area contributed by atoms with Gasteiger partial charge in [0.1, 0.15) is 0 Å². The number of hydrogen-bond acceptors (Lipinski definition) is 5. The summed E-state index contributed by atoms with van der Waals surface area (Å²) in [6, 6.07) is 1.64. The Bertz CT molecular complexity index is 821. The van der Waals surface area contributed by atoms with Gasteiger partial charge >= 0.3 is 0 Å². The molecular formula is C19H28N4O2S. The number of carbonyl (C=O) groups excluding carboxylic acids is 1. The Morgan fingerprint density at radius 3 is 2.81 bits per heavy atom. The van der Waals surface area contributed by atoms with Gasteiger partial charge < -0.3 is 4.90 Å². The molecule has 0 radical (unpaired) electrons. The number of rotatable bonds is 6. The van der Waals surface area contributed by atoms with Crippen molar-refractivity contribution in [3.63, 3.8) is 0 Å². The average Bonchev–Trinajstić information content (AvgIpc) is 3.01. The predicted molar refractivity (Wildman–Crippen MR) is 105 cm³/mol. The third-order valence-electron chi connectivity index (χ3n) is 5.17. The lowest BCUT2D eigenvalue weighted by atomic mass is 9.95. The molecule has 0 aromatic carbocycles. The smallest absolute Gasteiger partial charge is 0.259 e. The van der Waals surface area contributed by atoms with Crippen LogP contribution in [0.3, 0.4) is 0 Å². The van der Waals surface area contributed by atoms with Crippen LogP contribution in [-0.4, -0.2) is 51.8 Å². The summed E-state index contributed by atoms with van der Waals surface area (Å²) in [6.07, 6.45) is 3.94. The quantitative estimate of drug-likeness (QED) is 0.777. The third kappa shape index (κ3) is 4.15. The molecule has 0 unspecified atom stereocenters. The van der Waals surface area contributed by atoms with Crippen LogP contribution in [0.4, 0.5) is 0 Å². The van der Waals surface area contributed by atoms with Gasteiger partial charge in [0.2, 0.25) is 5.91 Å². The van der Waals surface area contributed by atoms with E-state index in [4.69, 9.17) is 0 Å². The fourth-order valence-corrected chi connectivity index (χ4v) is 4.46. The molecule has 1 aliphatic heterocycles. The molecule has 0 saturated carbocycles. The summed E-state index contributed by atoms with van der Waals surface area (Å²) in [5.41, 5.74) is 1.74. The largest absolute Gasteiger partial charge is 0.346 e. The minimum atomic E-state index is -0.00800. The Kier molecular flexibility index (Phi) is 6.09. The number of amides is 1. The molecule has 0 aliphatic carbocycles. The van der Waals surface area contributed by atoms with E-state index in [0.29, 0.717) is 6.54 Å². The van der Waals surface area contributed by atoms with Crippen LogP contribution in [0.1, 0.15) is 44.0 Å². The lowest BCUT2D eigenvalue weighted by Crippen LogP contribution is -2.41. The van der Waals surface area contributed by atoms with Crippen molar-refractivity contribution in [1.82, 2.24) is 19.2 Å². The normalized spacial score (nSPS) is 16.3. The SMILES string of the molecule is CCCCN(C)C(=O)C1CCN(Cc2cc(=O)n3c(C)csc3n2)CC1. The first-order chi connectivity index (χ1) is 12.5. The highest BCUT2D eigenvalue weighted by atomic mass is 32.1. The zero-order chi connectivity index (χ0) is 18.7. The van der Waals surface area contributed by atoms with Gasteiger partial charge in [0.05, 0.1) is 5.69 Å². The summed E-state index contributed by atoms with van der Waals surface area (Å²) in [6.45, 7) is 7.35. The maximum Gasteiger partial charge on any atom is 0.259 e. The van der Waals surface area contributed by atoms with Crippen LogP contribution < -0.4 is 5.56 Å². The third-order valence-corrected chi connectivity index (χ3v) is 6.12. The van der Waals surface area contributed by atoms with Gasteiger partial charge in [-0.3, -0.25) is 18.9 Å². The van der Waals surface area contributed by atoms with Crippen LogP contribution >= 0.6 is 11.3 Å². The lowest BCUT2D eigenvalue weighted by Gasteiger charge is -2.33. The van der Waals surface area contributed by atoms with Gasteiger partial charge in [-0.15, -0.1) is 11.3 Å². The Morgan fingerprint density at radius 1 is 1.38 bits per heavy atom. The number of nitrogens with zero attached hydrogens (tertiary/aromatic N) is 4. The van der Waals surface area contributed by atoms with Crippen LogP contribution in [0.25, 0.3) is 4.96 Å². The molecule has 0 atom stereocenters. The van der Waals surface area contributed by atoms with Crippen molar-refractivity contribution in [1.29, 1.82) is 0 Å². The number of hydrogen-bond donors (Lipinski definition) is 0. The van der Waals surface area contributed by atoms with E-state index in [2.05, 4.69) is 16.8 Å². The molecule has 6 nitrogen and oxygen atoms in total. The number of carbonyl (C=O) groups is 1. The van der Waals surface area contributed by atoms with Gasteiger partial charge in [-0.05, 0) is 39.3 Å². The van der Waals surface area contributed by atoms with E-state index in [9.17, 15) is 9.59 Å². The minimum Gasteiger partial charge on any atom is -0.346 e. The van der Waals surface area contributed by atoms with E-state index >= 15 is 0 Å². The summed E-state index contributed by atoms with van der Waals surface area (Å²) >= 11 is 1.50. The predicted octanol–water partition coefficient (Wildman–Crippen LogP) is 2.53. The molecule has 7 heteroatoms. The van der Waals surface area contributed by atoms with Gasteiger partial charge in [0.25, 0.3) is 5.56 Å². The van der Waals surface area contributed by atoms with E-state index < -0.39 is 0 Å². The maximum absolute atomic E-state index is 12.5. The number of thiazole rings is 1. The summed E-state index contributed by atoms with van der Waals surface area (Å²) in [4.78, 5) is 34.4. The zero-order valence-electron chi connectivity index (χ0n) is 15.9. The van der Waals surface area contributed by atoms with Gasteiger partial charge in [-0.25, -0.2) is 4.98 Å². The van der Waals surface area contributed by atoms with Crippen LogP contribution in [0, 0.1) is 12.8 Å². The molecule has 0 spiro atoms. The summed E-state index contributed by atoms with van der Waals surface area (Å²) in [5, 5.41) is 1.96. The highest BCUT2D eigenvalue weighted by Crippen LogP contribution is 2.21. The Balaban J connectivity index is 1.57. The number of aromatic nitrogens is 2. The second-order valence-electron chi connectivity index (χ2n) is 7.24. The molecule has 3 heterocycles. The lowest BCUT2D eigenvalue weighted by molar-refractivity contribution is -0.135. The van der Waals surface area contributed by atoms with E-state index in [0.717, 1.165) is 61.7 Å². The topological polar surface area (TPSA) is 57.9 Å². The summed E-state index contributed by atoms with van der Waals surface area (Å²) in [7, 11) is 1.92. The van der Waals surface area contributed by atoms with Crippen LogP contribution in [0.15, 0.2) is 16.2 Å². The summed E-state index contributed by atoms with van der Waals surface area (Å²) < 4.78 is 1.66. The molecule has 26 heavy (non-hydrogen) atoms. The van der Waals surface area contributed by atoms with Gasteiger partial charge in [-0.2, -0.15) is 0 Å². The van der Waals surface area contributed by atoms with Gasteiger partial charge in [-0.1, -0.05) is 13.3 Å². The molecule has 1 fully saturated rings. The Morgan fingerprint density at radius 2 is 2.12 bits per heavy atom. The molecule has 0 N–H and O–H groups in total. The molecule has 0 bridgehead atoms. The highest BCUT2D eigenvalue weighted by Gasteiger charge is 2.27. The van der Waals surface area contributed by atoms with Gasteiger partial charge in [0.15, 0.2) is 4.96 Å². The summed E-state index contributed by atoms with van der Waals surface area (Å²) in [5.74, 6) is 0.416. The molecule has 1 saturated heterocycles. The minimum absolute atomic E-state index is 0.00800. The van der Waals surface area contributed by atoms with Crippen molar-refractivity contribution in [2.75, 3.05) is 26.7 Å². The van der Waals surface area contributed by atoms with E-state index in [1.165, 1.54) is 11.3 Å². The van der Waals surface area contributed by atoms with Crippen molar-refractivity contribution in [2.24, 2.45) is 5.92 Å². The molecule has 1 amide bonds. The molecule has 2 aromatic rings. The van der Waals surface area contributed by atoms with E-state index in [1.807, 2.05) is 24.3 Å². The Labute approximate surface area is 158 Å². The fourth-order valence-electron chi connectivity index (χ4n) is 3.57. The number of unbranched alkanes of at least 4 members (excludes halogenated alkanes) is 1. The maximum atomic E-state index is 12.5. The van der Waals surface area contributed by atoms with Crippen LogP contribution in [-0.2, 0) is 11.3 Å². The standard InChI is InChI=1S/C19H28N4O2S/c1-4-5-8-21(3)18(25)15-6-9-22(10-7-15)12-16-11-17(24)23-14(2)13-26-19(23)20-16/h11,13,15H,4-10,12H2,1-3H3. The second-order valence-corrected chi connectivity index (χ2v) is 8.08. The van der Waals surface area contributed by atoms with Crippen molar-refractivity contribution >= 4 is 22.2 Å². The average molecular weight is 377 g/mol. The molecule has 3 rings (SSSR count). The first kappa shape index (κ1) is 19.0. The fraction of sp³-hybridized carbons (Fsp3) is 0.632. The number of fused-ring (bicyclic) bond motifs is 1. The van der Waals surface area contributed by atoms with E-state index in [-0.39, 0.29) is 17.4 Å². The van der Waals surface area contributed by atoms with Crippen molar-refractivity contribution in [2.45, 2.75) is 46.1 Å². The molecular weight excluding hydrogens is 348 g/mol. The van der Waals surface area contributed by atoms with Crippen molar-refractivity contribution in [3.8, 4) is 0 Å². The van der Waals surface area contributed by atoms with Crippen LogP contribution in [0.5, 0.6) is 0 Å². The number of aryl methyl sites for hydroxylation is 1. The van der Waals surface area contributed by atoms with Crippen molar-refractivity contribution < 1.29 is 4.79 Å². The zero-order valence-corrected chi connectivity index (χ0v) is 16.7. The second kappa shape index (κ2) is 8.31. The number of piperidine rings is 1. The molecule has 1 aliphatic rings.